The smallest absolute Gasteiger partial charge is 0.152 e. The zero-order valence-corrected chi connectivity index (χ0v) is 7.55. The summed E-state index contributed by atoms with van der Waals surface area (Å²) in [5.74, 6) is 0.791. The highest BCUT2D eigenvalue weighted by atomic mass is 16.1. The highest BCUT2D eigenvalue weighted by molar-refractivity contribution is 5.87. The molecule has 1 saturated carbocycles. The Kier molecular flexibility index (Phi) is 2.17. The predicted molar refractivity (Wildman–Crippen MR) is 46.3 cm³/mol. The van der Waals surface area contributed by atoms with Crippen molar-refractivity contribution >= 4 is 5.78 Å². The molecule has 1 rings (SSSR count). The molecule has 0 radical (unpaired) electrons. The van der Waals surface area contributed by atoms with Gasteiger partial charge in [0.25, 0.3) is 0 Å². The van der Waals surface area contributed by atoms with Crippen molar-refractivity contribution in [2.75, 3.05) is 0 Å². The molecule has 0 aromatic rings. The van der Waals surface area contributed by atoms with Crippen LogP contribution in [0.15, 0.2) is 12.2 Å². The van der Waals surface area contributed by atoms with E-state index >= 15 is 0 Å². The lowest BCUT2D eigenvalue weighted by Crippen LogP contribution is -2.32. The maximum Gasteiger partial charge on any atom is 0.152 e. The van der Waals surface area contributed by atoms with Gasteiger partial charge in [-0.3, -0.25) is 4.79 Å². The summed E-state index contributed by atoms with van der Waals surface area (Å²) in [7, 11) is 0. The Labute approximate surface area is 68.5 Å². The van der Waals surface area contributed by atoms with Gasteiger partial charge in [-0.05, 0) is 37.2 Å². The van der Waals surface area contributed by atoms with Gasteiger partial charge in [0.2, 0.25) is 0 Å². The molecule has 0 bridgehead atoms. The second-order valence-electron chi connectivity index (χ2n) is 4.10. The van der Waals surface area contributed by atoms with E-state index in [2.05, 4.69) is 19.9 Å². The van der Waals surface area contributed by atoms with Crippen LogP contribution < -0.4 is 0 Å². The fraction of sp³-hybridized carbons (Fsp3) is 0.700. The standard InChI is InChI=1S/C10H16O/c1-8(11)4-5-9-6-7-10(9,2)3/h4-5,9H,6-7H2,1-3H3/b5-4+/t9-/m0/s1. The summed E-state index contributed by atoms with van der Waals surface area (Å²) >= 11 is 0. The van der Waals surface area contributed by atoms with Crippen molar-refractivity contribution in [2.45, 2.75) is 33.6 Å². The van der Waals surface area contributed by atoms with Crippen molar-refractivity contribution in [2.24, 2.45) is 11.3 Å². The van der Waals surface area contributed by atoms with Crippen molar-refractivity contribution < 1.29 is 4.79 Å². The van der Waals surface area contributed by atoms with Crippen LogP contribution in [-0.4, -0.2) is 5.78 Å². The van der Waals surface area contributed by atoms with Crippen LogP contribution in [0, 0.1) is 11.3 Å². The van der Waals surface area contributed by atoms with Crippen LogP contribution in [0.3, 0.4) is 0 Å². The van der Waals surface area contributed by atoms with Crippen LogP contribution in [0.5, 0.6) is 0 Å². The molecule has 0 heterocycles. The van der Waals surface area contributed by atoms with Crippen LogP contribution in [-0.2, 0) is 4.79 Å². The summed E-state index contributed by atoms with van der Waals surface area (Å²) in [5, 5.41) is 0. The molecule has 1 aliphatic rings. The molecule has 0 spiro atoms. The first-order valence-corrected chi connectivity index (χ1v) is 4.21. The zero-order valence-electron chi connectivity index (χ0n) is 7.55. The van der Waals surface area contributed by atoms with E-state index in [4.69, 9.17) is 0 Å². The minimum atomic E-state index is 0.160. The predicted octanol–water partition coefficient (Wildman–Crippen LogP) is 2.57. The molecule has 1 heteroatoms. The summed E-state index contributed by atoms with van der Waals surface area (Å²) in [4.78, 5) is 10.6. The molecule has 0 amide bonds. The molecular formula is C10H16O. The van der Waals surface area contributed by atoms with Crippen molar-refractivity contribution in [3.05, 3.63) is 12.2 Å². The van der Waals surface area contributed by atoms with Gasteiger partial charge in [-0.1, -0.05) is 19.9 Å². The first-order chi connectivity index (χ1) is 5.02. The van der Waals surface area contributed by atoms with Crippen LogP contribution in [0.25, 0.3) is 0 Å². The number of allylic oxidation sites excluding steroid dienone is 2. The van der Waals surface area contributed by atoms with Gasteiger partial charge in [0, 0.05) is 0 Å². The fourth-order valence-corrected chi connectivity index (χ4v) is 1.50. The maximum absolute atomic E-state index is 10.6. The fourth-order valence-electron chi connectivity index (χ4n) is 1.50. The van der Waals surface area contributed by atoms with Crippen LogP contribution in [0.1, 0.15) is 33.6 Å². The Morgan fingerprint density at radius 3 is 2.45 bits per heavy atom. The number of ketones is 1. The summed E-state index contributed by atoms with van der Waals surface area (Å²) in [5.41, 5.74) is 0.436. The molecule has 62 valence electrons. The zero-order chi connectivity index (χ0) is 8.48. The third kappa shape index (κ3) is 1.92. The minimum absolute atomic E-state index is 0.160. The van der Waals surface area contributed by atoms with Gasteiger partial charge in [-0.15, -0.1) is 0 Å². The van der Waals surface area contributed by atoms with Crippen molar-refractivity contribution in [1.29, 1.82) is 0 Å². The van der Waals surface area contributed by atoms with Gasteiger partial charge < -0.3 is 0 Å². The van der Waals surface area contributed by atoms with E-state index in [-0.39, 0.29) is 5.78 Å². The lowest BCUT2D eigenvalue weighted by molar-refractivity contribution is -0.112. The second kappa shape index (κ2) is 2.80. The molecule has 1 aliphatic carbocycles. The van der Waals surface area contributed by atoms with E-state index in [0.29, 0.717) is 11.3 Å². The molecular weight excluding hydrogens is 136 g/mol. The molecule has 0 aromatic heterocycles. The minimum Gasteiger partial charge on any atom is -0.295 e. The van der Waals surface area contributed by atoms with E-state index < -0.39 is 0 Å². The van der Waals surface area contributed by atoms with Crippen molar-refractivity contribution in [1.82, 2.24) is 0 Å². The summed E-state index contributed by atoms with van der Waals surface area (Å²) in [6, 6.07) is 0. The maximum atomic E-state index is 10.6. The van der Waals surface area contributed by atoms with E-state index in [1.807, 2.05) is 0 Å². The Bertz CT molecular complexity index is 189. The number of carbonyl (C=O) groups is 1. The molecule has 11 heavy (non-hydrogen) atoms. The molecule has 0 unspecified atom stereocenters. The summed E-state index contributed by atoms with van der Waals surface area (Å²) < 4.78 is 0. The highest BCUT2D eigenvalue weighted by Crippen LogP contribution is 2.46. The Morgan fingerprint density at radius 2 is 2.18 bits per heavy atom. The van der Waals surface area contributed by atoms with Crippen molar-refractivity contribution in [3.63, 3.8) is 0 Å². The van der Waals surface area contributed by atoms with Crippen LogP contribution in [0.4, 0.5) is 0 Å². The van der Waals surface area contributed by atoms with Gasteiger partial charge in [0.05, 0.1) is 0 Å². The van der Waals surface area contributed by atoms with Gasteiger partial charge in [0.1, 0.15) is 0 Å². The van der Waals surface area contributed by atoms with Gasteiger partial charge >= 0.3 is 0 Å². The quantitative estimate of drug-likeness (QED) is 0.556. The topological polar surface area (TPSA) is 17.1 Å². The average molecular weight is 152 g/mol. The normalized spacial score (nSPS) is 28.5. The molecule has 1 fully saturated rings. The molecule has 0 aromatic carbocycles. The number of hydrogen-bond donors (Lipinski definition) is 0. The lowest BCUT2D eigenvalue weighted by atomic mass is 9.62. The summed E-state index contributed by atoms with van der Waals surface area (Å²) in [6.45, 7) is 6.11. The molecule has 0 aliphatic heterocycles. The SMILES string of the molecule is CC(=O)/C=C/[C@H]1CCC1(C)C. The van der Waals surface area contributed by atoms with Crippen LogP contribution >= 0.6 is 0 Å². The highest BCUT2D eigenvalue weighted by Gasteiger charge is 2.36. The lowest BCUT2D eigenvalue weighted by Gasteiger charge is -2.42. The van der Waals surface area contributed by atoms with Crippen LogP contribution in [0.2, 0.25) is 0 Å². The number of carbonyl (C=O) groups excluding carboxylic acids is 1. The molecule has 0 saturated heterocycles. The molecule has 0 N–H and O–H groups in total. The largest absolute Gasteiger partial charge is 0.295 e. The Hall–Kier alpha value is -0.590. The monoisotopic (exact) mass is 152 g/mol. The Morgan fingerprint density at radius 1 is 1.55 bits per heavy atom. The van der Waals surface area contributed by atoms with Gasteiger partial charge in [-0.2, -0.15) is 0 Å². The second-order valence-corrected chi connectivity index (χ2v) is 4.10. The first kappa shape index (κ1) is 8.51. The van der Waals surface area contributed by atoms with E-state index in [1.165, 1.54) is 12.8 Å². The number of rotatable bonds is 2. The van der Waals surface area contributed by atoms with Crippen molar-refractivity contribution in [3.8, 4) is 0 Å². The summed E-state index contributed by atoms with van der Waals surface area (Å²) in [6.07, 6.45) is 6.30. The van der Waals surface area contributed by atoms with Gasteiger partial charge in [0.15, 0.2) is 5.78 Å². The molecule has 1 nitrogen and oxygen atoms in total. The first-order valence-electron chi connectivity index (χ1n) is 4.21. The number of hydrogen-bond acceptors (Lipinski definition) is 1. The van der Waals surface area contributed by atoms with E-state index in [0.717, 1.165) is 0 Å². The van der Waals surface area contributed by atoms with Gasteiger partial charge in [-0.25, -0.2) is 0 Å². The average Bonchev–Trinajstić information content (AvgIpc) is 1.85. The third-order valence-corrected chi connectivity index (χ3v) is 2.67. The molecule has 1 atom stereocenters. The van der Waals surface area contributed by atoms with E-state index in [1.54, 1.807) is 13.0 Å². The Balaban J connectivity index is 2.45. The third-order valence-electron chi connectivity index (χ3n) is 2.67. The van der Waals surface area contributed by atoms with E-state index in [9.17, 15) is 4.79 Å².